The summed E-state index contributed by atoms with van der Waals surface area (Å²) in [5, 5.41) is 2.35. The molecule has 0 aliphatic heterocycles. The van der Waals surface area contributed by atoms with Crippen LogP contribution in [0.1, 0.15) is 27.7 Å². The van der Waals surface area contributed by atoms with Crippen molar-refractivity contribution < 1.29 is 28.5 Å². The molecular formula is C24H24Cl2O6. The Morgan fingerprint density at radius 3 is 1.81 bits per heavy atom. The summed E-state index contributed by atoms with van der Waals surface area (Å²) >= 11 is 12.7. The molecule has 0 aromatic heterocycles. The van der Waals surface area contributed by atoms with Crippen LogP contribution in [-0.2, 0) is 9.47 Å². The fraction of sp³-hybridized carbons (Fsp3) is 0.333. The van der Waals surface area contributed by atoms with Gasteiger partial charge in [0.05, 0.1) is 18.2 Å². The van der Waals surface area contributed by atoms with E-state index in [2.05, 4.69) is 0 Å². The van der Waals surface area contributed by atoms with Crippen molar-refractivity contribution in [2.45, 2.75) is 27.7 Å². The minimum Gasteiger partial charge on any atom is -0.434 e. The third-order valence-electron chi connectivity index (χ3n) is 4.38. The summed E-state index contributed by atoms with van der Waals surface area (Å²) in [4.78, 5) is 24.7. The van der Waals surface area contributed by atoms with Crippen LogP contribution in [-0.4, -0.2) is 25.5 Å². The van der Waals surface area contributed by atoms with Gasteiger partial charge in [0.2, 0.25) is 0 Å². The predicted molar refractivity (Wildman–Crippen MR) is 125 cm³/mol. The lowest BCUT2D eigenvalue weighted by Gasteiger charge is -2.17. The van der Waals surface area contributed by atoms with E-state index in [9.17, 15) is 9.59 Å². The van der Waals surface area contributed by atoms with Crippen molar-refractivity contribution in [2.75, 3.05) is 13.2 Å². The van der Waals surface area contributed by atoms with Crippen molar-refractivity contribution in [2.24, 2.45) is 11.8 Å². The summed E-state index contributed by atoms with van der Waals surface area (Å²) in [6.07, 6.45) is -1.72. The summed E-state index contributed by atoms with van der Waals surface area (Å²) in [6.45, 7) is 8.09. The van der Waals surface area contributed by atoms with Crippen LogP contribution in [0, 0.1) is 11.8 Å². The van der Waals surface area contributed by atoms with Gasteiger partial charge in [-0.1, -0.05) is 75.2 Å². The third kappa shape index (κ3) is 5.56. The highest BCUT2D eigenvalue weighted by Gasteiger charge is 2.23. The van der Waals surface area contributed by atoms with Crippen molar-refractivity contribution >= 4 is 57.1 Å². The molecule has 0 heterocycles. The van der Waals surface area contributed by atoms with Crippen LogP contribution in [0.25, 0.3) is 21.5 Å². The lowest BCUT2D eigenvalue weighted by molar-refractivity contribution is 0.0879. The van der Waals surface area contributed by atoms with Gasteiger partial charge in [-0.15, -0.1) is 0 Å². The van der Waals surface area contributed by atoms with Crippen LogP contribution in [0.2, 0.25) is 10.0 Å². The average molecular weight is 479 g/mol. The molecule has 0 fully saturated rings. The Morgan fingerprint density at radius 2 is 1.28 bits per heavy atom. The van der Waals surface area contributed by atoms with E-state index in [0.717, 1.165) is 0 Å². The monoisotopic (exact) mass is 478 g/mol. The Labute approximate surface area is 196 Å². The SMILES string of the molecule is CC(C)COC(=O)Oc1c2ccccc2c(OC(=O)OCC(C)C)c2c(Cl)cc(Cl)cc12. The van der Waals surface area contributed by atoms with Gasteiger partial charge in [-0.25, -0.2) is 9.59 Å². The Hall–Kier alpha value is -2.70. The summed E-state index contributed by atoms with van der Waals surface area (Å²) in [5.41, 5.74) is 0. The molecule has 32 heavy (non-hydrogen) atoms. The van der Waals surface area contributed by atoms with E-state index in [1.807, 2.05) is 27.7 Å². The van der Waals surface area contributed by atoms with E-state index in [1.54, 1.807) is 30.3 Å². The van der Waals surface area contributed by atoms with E-state index in [1.165, 1.54) is 6.07 Å². The van der Waals surface area contributed by atoms with Crippen LogP contribution in [0.5, 0.6) is 11.5 Å². The molecule has 3 aromatic carbocycles. The molecule has 0 aliphatic rings. The zero-order valence-electron chi connectivity index (χ0n) is 18.2. The van der Waals surface area contributed by atoms with E-state index < -0.39 is 12.3 Å². The van der Waals surface area contributed by atoms with Crippen molar-refractivity contribution in [3.05, 3.63) is 46.4 Å². The zero-order valence-corrected chi connectivity index (χ0v) is 19.8. The summed E-state index contributed by atoms with van der Waals surface area (Å²) < 4.78 is 21.5. The molecule has 0 atom stereocenters. The number of fused-ring (bicyclic) bond motifs is 2. The van der Waals surface area contributed by atoms with Gasteiger partial charge in [-0.2, -0.15) is 0 Å². The van der Waals surface area contributed by atoms with Gasteiger partial charge >= 0.3 is 12.3 Å². The largest absolute Gasteiger partial charge is 0.513 e. The molecule has 8 heteroatoms. The number of carbonyl (C=O) groups is 2. The van der Waals surface area contributed by atoms with Gasteiger partial charge in [0, 0.05) is 26.6 Å². The van der Waals surface area contributed by atoms with E-state index in [-0.39, 0.29) is 41.6 Å². The summed E-state index contributed by atoms with van der Waals surface area (Å²) in [6, 6.07) is 10.1. The van der Waals surface area contributed by atoms with Crippen LogP contribution < -0.4 is 9.47 Å². The summed E-state index contributed by atoms with van der Waals surface area (Å²) in [7, 11) is 0. The van der Waals surface area contributed by atoms with E-state index in [0.29, 0.717) is 26.6 Å². The number of benzene rings is 3. The number of carbonyl (C=O) groups excluding carboxylic acids is 2. The maximum Gasteiger partial charge on any atom is 0.513 e. The van der Waals surface area contributed by atoms with Gasteiger partial charge in [0.25, 0.3) is 0 Å². The molecule has 3 aromatic rings. The molecule has 0 aliphatic carbocycles. The standard InChI is InChI=1S/C24H24Cl2O6/c1-13(2)11-29-23(27)31-21-16-7-5-6-8-17(16)22(32-24(28)30-12-14(3)4)20-18(21)9-15(25)10-19(20)26/h5-10,13-14H,11-12H2,1-4H3. The maximum atomic E-state index is 12.4. The van der Waals surface area contributed by atoms with Crippen molar-refractivity contribution in [1.82, 2.24) is 0 Å². The first-order valence-corrected chi connectivity index (χ1v) is 11.0. The maximum absolute atomic E-state index is 12.4. The Kier molecular flexibility index (Phi) is 7.69. The number of hydrogen-bond donors (Lipinski definition) is 0. The molecule has 0 saturated heterocycles. The molecule has 0 bridgehead atoms. The molecular weight excluding hydrogens is 455 g/mol. The highest BCUT2D eigenvalue weighted by atomic mass is 35.5. The second-order valence-corrected chi connectivity index (χ2v) is 8.97. The molecule has 6 nitrogen and oxygen atoms in total. The first kappa shape index (κ1) is 24.0. The number of rotatable bonds is 6. The topological polar surface area (TPSA) is 71.1 Å². The first-order chi connectivity index (χ1) is 15.2. The van der Waals surface area contributed by atoms with Gasteiger partial charge in [-0.3, -0.25) is 0 Å². The molecule has 0 unspecified atom stereocenters. The second-order valence-electron chi connectivity index (χ2n) is 8.13. The smallest absolute Gasteiger partial charge is 0.434 e. The van der Waals surface area contributed by atoms with Gasteiger partial charge in [0.1, 0.15) is 0 Å². The summed E-state index contributed by atoms with van der Waals surface area (Å²) in [5.74, 6) is 0.684. The molecule has 170 valence electrons. The first-order valence-electron chi connectivity index (χ1n) is 10.2. The zero-order chi connectivity index (χ0) is 23.4. The van der Waals surface area contributed by atoms with Crippen LogP contribution >= 0.6 is 23.2 Å². The van der Waals surface area contributed by atoms with E-state index >= 15 is 0 Å². The molecule has 0 spiro atoms. The molecule has 0 amide bonds. The normalized spacial score (nSPS) is 11.2. The molecule has 3 rings (SSSR count). The Balaban J connectivity index is 2.18. The number of halogens is 2. The fourth-order valence-corrected chi connectivity index (χ4v) is 3.63. The molecule has 0 N–H and O–H groups in total. The number of hydrogen-bond acceptors (Lipinski definition) is 6. The molecule has 0 saturated carbocycles. The fourth-order valence-electron chi connectivity index (χ4n) is 3.05. The van der Waals surface area contributed by atoms with Crippen LogP contribution in [0.3, 0.4) is 0 Å². The molecule has 0 radical (unpaired) electrons. The van der Waals surface area contributed by atoms with Crippen molar-refractivity contribution in [1.29, 1.82) is 0 Å². The van der Waals surface area contributed by atoms with E-state index in [4.69, 9.17) is 42.1 Å². The third-order valence-corrected chi connectivity index (χ3v) is 4.90. The predicted octanol–water partition coefficient (Wildman–Crippen LogP) is 7.64. The lowest BCUT2D eigenvalue weighted by atomic mass is 10.0. The highest BCUT2D eigenvalue weighted by Crippen LogP contribution is 2.46. The number of ether oxygens (including phenoxy) is 4. The van der Waals surface area contributed by atoms with Crippen LogP contribution in [0.4, 0.5) is 9.59 Å². The van der Waals surface area contributed by atoms with Gasteiger partial charge in [-0.05, 0) is 24.0 Å². The second kappa shape index (κ2) is 10.3. The quantitative estimate of drug-likeness (QED) is 0.206. The van der Waals surface area contributed by atoms with Gasteiger partial charge in [0.15, 0.2) is 11.5 Å². The van der Waals surface area contributed by atoms with Gasteiger partial charge < -0.3 is 18.9 Å². The van der Waals surface area contributed by atoms with Crippen molar-refractivity contribution in [3.63, 3.8) is 0 Å². The minimum atomic E-state index is -0.860. The Morgan fingerprint density at radius 1 is 0.781 bits per heavy atom. The minimum absolute atomic E-state index is 0.145. The Bertz CT molecular complexity index is 1160. The van der Waals surface area contributed by atoms with Crippen LogP contribution in [0.15, 0.2) is 36.4 Å². The van der Waals surface area contributed by atoms with Crippen molar-refractivity contribution in [3.8, 4) is 11.5 Å². The lowest BCUT2D eigenvalue weighted by Crippen LogP contribution is -2.16. The highest BCUT2D eigenvalue weighted by molar-refractivity contribution is 6.40. The average Bonchev–Trinajstić information content (AvgIpc) is 2.72.